The van der Waals surface area contributed by atoms with Crippen LogP contribution in [0.2, 0.25) is 0 Å². The van der Waals surface area contributed by atoms with Gasteiger partial charge in [-0.15, -0.1) is 0 Å². The summed E-state index contributed by atoms with van der Waals surface area (Å²) in [6, 6.07) is 8.35. The minimum Gasteiger partial charge on any atom is -0.490 e. The van der Waals surface area contributed by atoms with Crippen molar-refractivity contribution in [3.05, 3.63) is 41.5 Å². The van der Waals surface area contributed by atoms with Crippen molar-refractivity contribution in [2.24, 2.45) is 5.41 Å². The fourth-order valence-electron chi connectivity index (χ4n) is 3.20. The molecule has 2 N–H and O–H groups in total. The van der Waals surface area contributed by atoms with E-state index < -0.39 is 17.9 Å². The summed E-state index contributed by atoms with van der Waals surface area (Å²) in [5.74, 6) is -0.468. The second-order valence-corrected chi connectivity index (χ2v) is 7.53. The molecule has 9 nitrogen and oxygen atoms in total. The van der Waals surface area contributed by atoms with Gasteiger partial charge >= 0.3 is 18.4 Å². The van der Waals surface area contributed by atoms with Gasteiger partial charge in [-0.05, 0) is 43.7 Å². The van der Waals surface area contributed by atoms with Crippen LogP contribution in [0.25, 0.3) is 11.1 Å². The fourth-order valence-corrected chi connectivity index (χ4v) is 3.20. The maximum atomic E-state index is 12.1. The van der Waals surface area contributed by atoms with Crippen LogP contribution < -0.4 is 14.2 Å². The molecule has 0 spiro atoms. The topological polar surface area (TPSA) is 121 Å². The molecule has 166 valence electrons. The van der Waals surface area contributed by atoms with E-state index in [0.29, 0.717) is 16.7 Å². The number of ether oxygens (including phenoxy) is 5. The molecule has 2 aromatic carbocycles. The minimum atomic E-state index is -2.07. The highest BCUT2D eigenvalue weighted by Crippen LogP contribution is 2.46. The van der Waals surface area contributed by atoms with Crippen LogP contribution in [0.3, 0.4) is 0 Å². The van der Waals surface area contributed by atoms with Crippen molar-refractivity contribution in [2.45, 2.75) is 26.9 Å². The number of hydrogen-bond donors (Lipinski definition) is 2. The summed E-state index contributed by atoms with van der Waals surface area (Å²) in [5, 5.41) is 18.5. The molecule has 1 aliphatic heterocycles. The van der Waals surface area contributed by atoms with E-state index in [1.807, 2.05) is 0 Å². The molecular weight excluding hydrogens is 408 g/mol. The molecule has 0 radical (unpaired) electrons. The first kappa shape index (κ1) is 22.4. The number of aliphatic hydroxyl groups is 2. The van der Waals surface area contributed by atoms with Crippen LogP contribution in [-0.4, -0.2) is 49.5 Å². The number of aliphatic hydroxyl groups excluding tert-OH is 1. The number of methoxy groups -OCH3 is 2. The molecule has 0 aliphatic carbocycles. The Kier molecular flexibility index (Phi) is 6.37. The van der Waals surface area contributed by atoms with Gasteiger partial charge in [-0.1, -0.05) is 6.07 Å². The van der Waals surface area contributed by atoms with Crippen molar-refractivity contribution >= 4 is 11.9 Å². The van der Waals surface area contributed by atoms with Crippen LogP contribution in [0.15, 0.2) is 30.3 Å². The van der Waals surface area contributed by atoms with Crippen molar-refractivity contribution < 1.29 is 43.5 Å². The first-order valence-electron chi connectivity index (χ1n) is 9.43. The number of benzene rings is 2. The van der Waals surface area contributed by atoms with Crippen molar-refractivity contribution in [3.63, 3.8) is 0 Å². The third-order valence-corrected chi connectivity index (χ3v) is 4.82. The molecule has 0 bridgehead atoms. The Morgan fingerprint density at radius 1 is 1.13 bits per heavy atom. The van der Waals surface area contributed by atoms with Gasteiger partial charge in [0, 0.05) is 11.1 Å². The normalized spacial score (nSPS) is 12.9. The molecular formula is C22H24O9. The third-order valence-electron chi connectivity index (χ3n) is 4.82. The molecule has 0 saturated carbocycles. The monoisotopic (exact) mass is 432 g/mol. The van der Waals surface area contributed by atoms with E-state index in [1.54, 1.807) is 38.1 Å². The summed E-state index contributed by atoms with van der Waals surface area (Å²) in [7, 11) is 2.67. The van der Waals surface area contributed by atoms with Crippen molar-refractivity contribution in [1.82, 2.24) is 0 Å². The van der Waals surface area contributed by atoms with Gasteiger partial charge in [-0.3, -0.25) is 4.79 Å². The van der Waals surface area contributed by atoms with Gasteiger partial charge in [0.15, 0.2) is 11.5 Å². The predicted octanol–water partition coefficient (Wildman–Crippen LogP) is 2.26. The average molecular weight is 432 g/mol. The summed E-state index contributed by atoms with van der Waals surface area (Å²) >= 11 is 0. The zero-order valence-electron chi connectivity index (χ0n) is 17.6. The maximum Gasteiger partial charge on any atom is 0.338 e. The van der Waals surface area contributed by atoms with E-state index in [0.717, 1.165) is 5.56 Å². The summed E-state index contributed by atoms with van der Waals surface area (Å²) in [4.78, 5) is 23.8. The van der Waals surface area contributed by atoms with Crippen LogP contribution in [0.1, 0.15) is 29.8 Å². The highest BCUT2D eigenvalue weighted by molar-refractivity contribution is 5.94. The van der Waals surface area contributed by atoms with Crippen LogP contribution in [0.5, 0.6) is 17.2 Å². The molecule has 9 heteroatoms. The number of esters is 2. The van der Waals surface area contributed by atoms with Crippen molar-refractivity contribution in [2.75, 3.05) is 20.8 Å². The second-order valence-electron chi connectivity index (χ2n) is 7.53. The van der Waals surface area contributed by atoms with Gasteiger partial charge in [0.2, 0.25) is 5.75 Å². The van der Waals surface area contributed by atoms with Gasteiger partial charge in [0.25, 0.3) is 0 Å². The smallest absolute Gasteiger partial charge is 0.338 e. The number of hydrogen-bond acceptors (Lipinski definition) is 9. The lowest BCUT2D eigenvalue weighted by Crippen LogP contribution is -2.32. The van der Waals surface area contributed by atoms with E-state index >= 15 is 0 Å². The van der Waals surface area contributed by atoms with E-state index in [2.05, 4.69) is 0 Å². The van der Waals surface area contributed by atoms with Crippen LogP contribution in [0, 0.1) is 5.41 Å². The summed E-state index contributed by atoms with van der Waals surface area (Å²) < 4.78 is 26.3. The van der Waals surface area contributed by atoms with Crippen LogP contribution in [0.4, 0.5) is 0 Å². The molecule has 0 amide bonds. The Morgan fingerprint density at radius 3 is 2.48 bits per heavy atom. The van der Waals surface area contributed by atoms with Gasteiger partial charge in [0.05, 0.1) is 25.2 Å². The Labute approximate surface area is 179 Å². The largest absolute Gasteiger partial charge is 0.490 e. The lowest BCUT2D eigenvalue weighted by molar-refractivity contribution is -0.180. The van der Waals surface area contributed by atoms with E-state index in [1.165, 1.54) is 20.3 Å². The Morgan fingerprint density at radius 2 is 1.84 bits per heavy atom. The summed E-state index contributed by atoms with van der Waals surface area (Å²) in [6.45, 7) is 1.38. The van der Waals surface area contributed by atoms with E-state index in [9.17, 15) is 19.8 Å². The Balaban J connectivity index is 2.08. The lowest BCUT2D eigenvalue weighted by Gasteiger charge is -2.24. The highest BCUT2D eigenvalue weighted by atomic mass is 16.7. The SMILES string of the molecule is COC(=O)C(C)(C)COc1c(-c2ccc3c(c2)COC3=O)ccc(OC(O)O)c1OC. The molecule has 0 atom stereocenters. The Bertz CT molecular complexity index is 995. The molecule has 1 aliphatic rings. The standard InChI is InChI=1S/C22H24O9/c1-22(2,20(24)28-4)11-30-17-14(7-8-16(18(17)27-3)31-21(25)26)12-5-6-15-13(9-12)10-29-19(15)23/h5-9,21,25-26H,10-11H2,1-4H3. The lowest BCUT2D eigenvalue weighted by atomic mass is 9.95. The van der Waals surface area contributed by atoms with Gasteiger partial charge in [-0.25, -0.2) is 4.79 Å². The number of cyclic esters (lactones) is 1. The van der Waals surface area contributed by atoms with Crippen LogP contribution >= 0.6 is 0 Å². The average Bonchev–Trinajstić information content (AvgIpc) is 3.11. The molecule has 3 rings (SSSR count). The third kappa shape index (κ3) is 4.57. The highest BCUT2D eigenvalue weighted by Gasteiger charge is 2.31. The maximum absolute atomic E-state index is 12.1. The van der Waals surface area contributed by atoms with Crippen molar-refractivity contribution in [1.29, 1.82) is 0 Å². The molecule has 1 heterocycles. The van der Waals surface area contributed by atoms with Crippen LogP contribution in [-0.2, 0) is 20.9 Å². The predicted molar refractivity (Wildman–Crippen MR) is 108 cm³/mol. The van der Waals surface area contributed by atoms with Gasteiger partial charge in [-0.2, -0.15) is 0 Å². The van der Waals surface area contributed by atoms with Crippen molar-refractivity contribution in [3.8, 4) is 28.4 Å². The molecule has 0 unspecified atom stereocenters. The first-order chi connectivity index (χ1) is 14.7. The minimum absolute atomic E-state index is 0.0341. The number of carbonyl (C=O) groups is 2. The van der Waals surface area contributed by atoms with E-state index in [-0.39, 0.29) is 36.4 Å². The molecule has 0 saturated heterocycles. The first-order valence-corrected chi connectivity index (χ1v) is 9.43. The zero-order valence-corrected chi connectivity index (χ0v) is 17.6. The van der Waals surface area contributed by atoms with Gasteiger partial charge in [0.1, 0.15) is 13.2 Å². The quantitative estimate of drug-likeness (QED) is 0.478. The number of carbonyl (C=O) groups excluding carboxylic acids is 2. The van der Waals surface area contributed by atoms with Gasteiger partial charge < -0.3 is 33.9 Å². The number of rotatable bonds is 8. The summed E-state index contributed by atoms with van der Waals surface area (Å²) in [5.41, 5.74) is 1.54. The fraction of sp³-hybridized carbons (Fsp3) is 0.364. The van der Waals surface area contributed by atoms with E-state index in [4.69, 9.17) is 23.7 Å². The number of fused-ring (bicyclic) bond motifs is 1. The molecule has 2 aromatic rings. The summed E-state index contributed by atoms with van der Waals surface area (Å²) in [6.07, 6.45) is 0. The molecule has 0 aromatic heterocycles. The molecule has 31 heavy (non-hydrogen) atoms. The molecule has 0 fully saturated rings. The second kappa shape index (κ2) is 8.83. The Hall–Kier alpha value is -3.30. The zero-order chi connectivity index (χ0) is 22.8.